The van der Waals surface area contributed by atoms with E-state index >= 15 is 0 Å². The molecule has 0 aromatic rings. The van der Waals surface area contributed by atoms with Gasteiger partial charge in [0.15, 0.2) is 0 Å². The van der Waals surface area contributed by atoms with Gasteiger partial charge in [0.05, 0.1) is 13.2 Å². The predicted molar refractivity (Wildman–Crippen MR) is 113 cm³/mol. The van der Waals surface area contributed by atoms with Gasteiger partial charge in [-0.3, -0.25) is 9.59 Å². The van der Waals surface area contributed by atoms with Crippen molar-refractivity contribution in [1.82, 2.24) is 0 Å². The summed E-state index contributed by atoms with van der Waals surface area (Å²) in [5.41, 5.74) is -11.7. The van der Waals surface area contributed by atoms with Crippen molar-refractivity contribution in [1.29, 1.82) is 0 Å². The molecule has 0 aromatic carbocycles. The topological polar surface area (TPSA) is 180 Å². The van der Waals surface area contributed by atoms with Crippen LogP contribution in [0.1, 0.15) is 52.4 Å². The first-order valence-corrected chi connectivity index (χ1v) is 15.2. The zero-order valence-corrected chi connectivity index (χ0v) is 24.1. The Morgan fingerprint density at radius 1 is 0.946 bits per heavy atom. The van der Waals surface area contributed by atoms with Gasteiger partial charge in [-0.15, -0.1) is 0 Å². The van der Waals surface area contributed by atoms with Gasteiger partial charge in [-0.2, -0.15) is 0 Å². The molecule has 0 aromatic heterocycles. The first kappa shape index (κ1) is 40.6. The summed E-state index contributed by atoms with van der Waals surface area (Å²) in [6, 6.07) is 0. The quantitative estimate of drug-likeness (QED) is 0.117. The number of carbonyl (C=O) groups is 2. The van der Waals surface area contributed by atoms with E-state index in [-0.39, 0.29) is 25.2 Å². The third-order valence-corrected chi connectivity index (χ3v) is 9.62. The van der Waals surface area contributed by atoms with Crippen molar-refractivity contribution in [2.75, 3.05) is 26.4 Å². The number of aliphatic hydroxyl groups excluding tert-OH is 2. The second-order valence-electron chi connectivity index (χ2n) is 6.03. The number of alkyl halides is 6. The van der Waals surface area contributed by atoms with Crippen molar-refractivity contribution < 1.29 is 77.5 Å². The maximum absolute atomic E-state index is 11.6. The molecule has 0 unspecified atom stereocenters. The summed E-state index contributed by atoms with van der Waals surface area (Å²) in [5.74, 6) is -0.206. The molecule has 0 spiro atoms. The van der Waals surface area contributed by atoms with Crippen molar-refractivity contribution in [3.05, 3.63) is 0 Å². The second kappa shape index (κ2) is 21.0. The van der Waals surface area contributed by atoms with E-state index in [4.69, 9.17) is 10.2 Å². The molecule has 1 aliphatic heterocycles. The van der Waals surface area contributed by atoms with Gasteiger partial charge in [0, 0.05) is 26.1 Å². The van der Waals surface area contributed by atoms with E-state index in [9.17, 15) is 52.8 Å². The van der Waals surface area contributed by atoms with Gasteiger partial charge < -0.3 is 19.7 Å². The van der Waals surface area contributed by atoms with Crippen LogP contribution in [0.5, 0.6) is 0 Å². The Bertz CT molecular complexity index is 780. The van der Waals surface area contributed by atoms with Crippen molar-refractivity contribution in [3.63, 3.8) is 0 Å². The van der Waals surface area contributed by atoms with E-state index in [1.54, 1.807) is 13.8 Å². The van der Waals surface area contributed by atoms with Crippen LogP contribution in [0, 0.1) is 0 Å². The molecule has 1 aliphatic rings. The molecule has 1 heterocycles. The minimum absolute atomic E-state index is 0.0359. The monoisotopic (exact) mass is 710 g/mol. The molecular formula is C16H28F6O12S2Sn. The minimum atomic E-state index is -6.15. The molecule has 0 bridgehead atoms. The van der Waals surface area contributed by atoms with E-state index in [1.165, 1.54) is 0 Å². The molecule has 37 heavy (non-hydrogen) atoms. The van der Waals surface area contributed by atoms with Crippen molar-refractivity contribution in [2.45, 2.75) is 63.4 Å². The van der Waals surface area contributed by atoms with Crippen LogP contribution in [-0.4, -0.2) is 98.4 Å². The fraction of sp³-hybridized carbons (Fsp3) is 0.875. The number of hydrogen-bond acceptors (Lipinski definition) is 12. The van der Waals surface area contributed by atoms with Crippen LogP contribution in [-0.2, 0) is 44.3 Å². The summed E-state index contributed by atoms with van der Waals surface area (Å²) in [5, 5.41) is 15.9. The zero-order valence-electron chi connectivity index (χ0n) is 19.6. The molecule has 1 saturated heterocycles. The SMILES string of the molecule is CCO.CCOC(=O)CCCCO.O=C1CCCCO1.O=S(=O)([O][Sn][O]S(=O)(=O)C(F)(F)F)C(F)(F)F. The molecule has 12 nitrogen and oxygen atoms in total. The van der Waals surface area contributed by atoms with Crippen LogP contribution in [0.2, 0.25) is 0 Å². The first-order chi connectivity index (χ1) is 16.8. The van der Waals surface area contributed by atoms with E-state index in [2.05, 4.69) is 14.5 Å². The Labute approximate surface area is 221 Å². The molecular weight excluding hydrogens is 681 g/mol. The number of aliphatic hydroxyl groups is 2. The molecule has 2 radical (unpaired) electrons. The molecule has 0 amide bonds. The molecule has 21 heteroatoms. The molecule has 0 atom stereocenters. The van der Waals surface area contributed by atoms with Crippen molar-refractivity contribution in [3.8, 4) is 0 Å². The second-order valence-corrected chi connectivity index (χ2v) is 12.4. The van der Waals surface area contributed by atoms with Gasteiger partial charge in [0.1, 0.15) is 0 Å². The summed E-state index contributed by atoms with van der Waals surface area (Å²) in [7, 11) is -12.3. The summed E-state index contributed by atoms with van der Waals surface area (Å²) in [6.07, 6.45) is 4.51. The molecule has 1 rings (SSSR count). The Morgan fingerprint density at radius 2 is 1.41 bits per heavy atom. The summed E-state index contributed by atoms with van der Waals surface area (Å²) >= 11 is -3.86. The first-order valence-electron chi connectivity index (χ1n) is 10.1. The number of halogens is 6. The standard InChI is InChI=1S/C7H14O3.C5H8O2.C2H6O.2CHF3O3S.Sn/c1-2-10-7(9)5-3-4-6-8;6-5-3-1-2-4-7-5;1-2-3;2*2-1(3,4)8(5,6)7;/h8H,2-6H2,1H3;1-4H2;3H,2H2,1H3;2*(H,5,6,7);/q;;;;;+2/p-2. The number of hydrogen-bond donors (Lipinski definition) is 2. The van der Waals surface area contributed by atoms with E-state index in [0.29, 0.717) is 32.5 Å². The van der Waals surface area contributed by atoms with Gasteiger partial charge in [-0.05, 0) is 39.5 Å². The number of rotatable bonds is 9. The Hall–Kier alpha value is -0.941. The van der Waals surface area contributed by atoms with Crippen LogP contribution >= 0.6 is 0 Å². The average Bonchev–Trinajstić information content (AvgIpc) is 2.74. The fourth-order valence-electron chi connectivity index (χ4n) is 1.44. The summed E-state index contributed by atoms with van der Waals surface area (Å²) < 4.78 is 125. The van der Waals surface area contributed by atoms with Gasteiger partial charge in [-0.1, -0.05) is 0 Å². The van der Waals surface area contributed by atoms with E-state index in [1.807, 2.05) is 0 Å². The van der Waals surface area contributed by atoms with Crippen molar-refractivity contribution >= 4 is 54.1 Å². The number of carbonyl (C=O) groups excluding carboxylic acids is 2. The van der Waals surface area contributed by atoms with E-state index in [0.717, 1.165) is 19.3 Å². The van der Waals surface area contributed by atoms with Gasteiger partial charge in [0.25, 0.3) is 0 Å². The van der Waals surface area contributed by atoms with Gasteiger partial charge >= 0.3 is 113 Å². The number of ether oxygens (including phenoxy) is 2. The molecule has 1 fully saturated rings. The summed E-state index contributed by atoms with van der Waals surface area (Å²) in [6.45, 7) is 4.94. The van der Waals surface area contributed by atoms with Gasteiger partial charge in [0.2, 0.25) is 0 Å². The van der Waals surface area contributed by atoms with Crippen molar-refractivity contribution in [2.24, 2.45) is 0 Å². The molecule has 0 aliphatic carbocycles. The van der Waals surface area contributed by atoms with Crippen LogP contribution in [0.15, 0.2) is 0 Å². The Kier molecular flexibility index (Phi) is 23.0. The molecule has 222 valence electrons. The normalized spacial score (nSPS) is 13.9. The fourth-order valence-corrected chi connectivity index (χ4v) is 5.79. The van der Waals surface area contributed by atoms with Crippen LogP contribution < -0.4 is 0 Å². The molecule has 2 N–H and O–H groups in total. The zero-order chi connectivity index (χ0) is 29.8. The van der Waals surface area contributed by atoms with Gasteiger partial charge in [-0.25, -0.2) is 0 Å². The maximum atomic E-state index is 11.6. The summed E-state index contributed by atoms with van der Waals surface area (Å²) in [4.78, 5) is 20.9. The van der Waals surface area contributed by atoms with Crippen LogP contribution in [0.25, 0.3) is 0 Å². The number of unbranched alkanes of at least 4 members (excludes halogenated alkanes) is 1. The third-order valence-electron chi connectivity index (χ3n) is 2.99. The molecule has 0 saturated carbocycles. The average molecular weight is 709 g/mol. The van der Waals surface area contributed by atoms with Crippen LogP contribution in [0.3, 0.4) is 0 Å². The Balaban J connectivity index is -0.000000485. The van der Waals surface area contributed by atoms with E-state index < -0.39 is 53.2 Å². The predicted octanol–water partition coefficient (Wildman–Crippen LogP) is 1.68. The third kappa shape index (κ3) is 22.7. The number of cyclic esters (lactones) is 1. The Morgan fingerprint density at radius 3 is 1.68 bits per heavy atom. The number of esters is 2. The van der Waals surface area contributed by atoms with Crippen LogP contribution in [0.4, 0.5) is 26.3 Å².